The SMILES string of the molecule is C[C@@H](Nc1nnc(C(F)(F)F)c2ncc(N3CC4CCOCC3C4)cc12)c1cccc2c1OCC2(F)F. The number of nitrogens with one attached hydrogen (secondary N) is 1. The molecule has 12 heteroatoms. The summed E-state index contributed by atoms with van der Waals surface area (Å²) in [4.78, 5) is 6.30. The predicted octanol–water partition coefficient (Wildman–Crippen LogP) is 5.32. The van der Waals surface area contributed by atoms with E-state index in [1.807, 2.05) is 0 Å². The molecule has 37 heavy (non-hydrogen) atoms. The van der Waals surface area contributed by atoms with Gasteiger partial charge >= 0.3 is 12.1 Å². The Bertz CT molecular complexity index is 1350. The second kappa shape index (κ2) is 8.64. The average molecular weight is 521 g/mol. The Morgan fingerprint density at radius 2 is 2.05 bits per heavy atom. The van der Waals surface area contributed by atoms with Crippen LogP contribution in [-0.2, 0) is 16.8 Å². The van der Waals surface area contributed by atoms with Crippen LogP contribution in [0.1, 0.15) is 42.6 Å². The lowest BCUT2D eigenvalue weighted by atomic mass is 10.0. The zero-order valence-corrected chi connectivity index (χ0v) is 19.9. The highest BCUT2D eigenvalue weighted by molar-refractivity contribution is 5.93. The number of anilines is 2. The molecule has 3 aromatic rings. The maximum absolute atomic E-state index is 14.2. The molecule has 0 radical (unpaired) electrons. The van der Waals surface area contributed by atoms with Gasteiger partial charge in [-0.15, -0.1) is 10.2 Å². The van der Waals surface area contributed by atoms with Crippen molar-refractivity contribution in [1.82, 2.24) is 15.2 Å². The number of fused-ring (bicyclic) bond motifs is 4. The summed E-state index contributed by atoms with van der Waals surface area (Å²) < 4.78 is 80.6. The number of hydrogen-bond acceptors (Lipinski definition) is 7. The highest BCUT2D eigenvalue weighted by atomic mass is 19.4. The Balaban J connectivity index is 1.40. The van der Waals surface area contributed by atoms with Crippen LogP contribution in [0, 0.1) is 5.92 Å². The number of para-hydroxylation sites is 1. The summed E-state index contributed by atoms with van der Waals surface area (Å²) in [6.07, 6.45) is -1.43. The van der Waals surface area contributed by atoms with Gasteiger partial charge in [-0.3, -0.25) is 4.98 Å². The summed E-state index contributed by atoms with van der Waals surface area (Å²) in [5.41, 5.74) is -0.626. The second-order valence-corrected chi connectivity index (χ2v) is 9.84. The Hall–Kier alpha value is -3.28. The molecule has 3 aliphatic heterocycles. The zero-order valence-electron chi connectivity index (χ0n) is 19.9. The molecule has 196 valence electrons. The van der Waals surface area contributed by atoms with E-state index in [2.05, 4.69) is 25.4 Å². The lowest BCUT2D eigenvalue weighted by Gasteiger charge is -2.28. The maximum atomic E-state index is 14.2. The first-order valence-electron chi connectivity index (χ1n) is 12.1. The van der Waals surface area contributed by atoms with Crippen molar-refractivity contribution in [1.29, 1.82) is 0 Å². The molecule has 2 saturated heterocycles. The van der Waals surface area contributed by atoms with Gasteiger partial charge in [0.05, 0.1) is 36.1 Å². The van der Waals surface area contributed by atoms with Crippen LogP contribution in [0.3, 0.4) is 0 Å². The molecule has 5 heterocycles. The number of pyridine rings is 1. The molecule has 2 unspecified atom stereocenters. The number of benzene rings is 1. The Labute approximate surface area is 209 Å². The van der Waals surface area contributed by atoms with Crippen molar-refractivity contribution in [3.63, 3.8) is 0 Å². The van der Waals surface area contributed by atoms with Gasteiger partial charge in [0, 0.05) is 24.1 Å². The van der Waals surface area contributed by atoms with Crippen LogP contribution in [0.5, 0.6) is 5.75 Å². The third-order valence-electron chi connectivity index (χ3n) is 7.34. The van der Waals surface area contributed by atoms with Crippen molar-refractivity contribution in [3.8, 4) is 5.75 Å². The Morgan fingerprint density at radius 1 is 1.22 bits per heavy atom. The minimum absolute atomic E-state index is 0.0656. The summed E-state index contributed by atoms with van der Waals surface area (Å²) in [5, 5.41) is 10.5. The van der Waals surface area contributed by atoms with Gasteiger partial charge < -0.3 is 19.7 Å². The summed E-state index contributed by atoms with van der Waals surface area (Å²) >= 11 is 0. The number of rotatable bonds is 4. The number of aromatic nitrogens is 3. The van der Waals surface area contributed by atoms with E-state index in [1.165, 1.54) is 18.3 Å². The fraction of sp³-hybridized carbons (Fsp3) is 0.480. The van der Waals surface area contributed by atoms with E-state index in [4.69, 9.17) is 9.47 Å². The fourth-order valence-electron chi connectivity index (χ4n) is 5.51. The van der Waals surface area contributed by atoms with E-state index < -0.39 is 30.4 Å². The van der Waals surface area contributed by atoms with E-state index in [-0.39, 0.29) is 34.1 Å². The van der Waals surface area contributed by atoms with Crippen LogP contribution in [0.2, 0.25) is 0 Å². The fourth-order valence-corrected chi connectivity index (χ4v) is 5.51. The van der Waals surface area contributed by atoms with E-state index in [9.17, 15) is 22.0 Å². The molecule has 0 spiro atoms. The second-order valence-electron chi connectivity index (χ2n) is 9.84. The molecular weight excluding hydrogens is 497 g/mol. The van der Waals surface area contributed by atoms with Crippen LogP contribution in [0.25, 0.3) is 10.9 Å². The van der Waals surface area contributed by atoms with Crippen molar-refractivity contribution in [2.24, 2.45) is 5.92 Å². The van der Waals surface area contributed by atoms with Gasteiger partial charge in [0.25, 0.3) is 0 Å². The molecule has 1 N–H and O–H groups in total. The third-order valence-corrected chi connectivity index (χ3v) is 7.34. The molecular formula is C25H24F5N5O2. The standard InChI is InChI=1S/C25H24F5N5O2/c1-13(17-3-2-4-19-21(17)37-12-24(19,26)27)32-23-18-8-15(35-10-14-5-6-36-11-16(35)7-14)9-31-20(18)22(33-34-23)25(28,29)30/h2-4,8-9,13-14,16H,5-7,10-12H2,1H3,(H,32,34)/t13-,14?,16?/m1/s1. The summed E-state index contributed by atoms with van der Waals surface area (Å²) in [5.74, 6) is -2.53. The smallest absolute Gasteiger partial charge is 0.437 e. The van der Waals surface area contributed by atoms with Gasteiger partial charge in [0.2, 0.25) is 0 Å². The predicted molar refractivity (Wildman–Crippen MR) is 125 cm³/mol. The van der Waals surface area contributed by atoms with Crippen molar-refractivity contribution in [3.05, 3.63) is 47.3 Å². The van der Waals surface area contributed by atoms with Gasteiger partial charge in [-0.05, 0) is 37.8 Å². The molecule has 0 saturated carbocycles. The van der Waals surface area contributed by atoms with Crippen molar-refractivity contribution in [2.75, 3.05) is 36.6 Å². The van der Waals surface area contributed by atoms with E-state index >= 15 is 0 Å². The van der Waals surface area contributed by atoms with E-state index in [0.29, 0.717) is 30.4 Å². The lowest BCUT2D eigenvalue weighted by molar-refractivity contribution is -0.140. The van der Waals surface area contributed by atoms with Crippen LogP contribution >= 0.6 is 0 Å². The molecule has 2 fully saturated rings. The number of hydrogen-bond donors (Lipinski definition) is 1. The molecule has 0 amide bonds. The highest BCUT2D eigenvalue weighted by Crippen LogP contribution is 2.45. The van der Waals surface area contributed by atoms with E-state index in [0.717, 1.165) is 19.4 Å². The normalized spacial score (nSPS) is 23.5. The molecule has 6 rings (SSSR count). The minimum Gasteiger partial charge on any atom is -0.486 e. The van der Waals surface area contributed by atoms with Crippen molar-refractivity contribution < 1.29 is 31.4 Å². The maximum Gasteiger partial charge on any atom is 0.437 e. The Kier molecular flexibility index (Phi) is 5.62. The minimum atomic E-state index is -4.75. The van der Waals surface area contributed by atoms with Gasteiger partial charge in [-0.25, -0.2) is 0 Å². The van der Waals surface area contributed by atoms with Gasteiger partial charge in [0.15, 0.2) is 18.1 Å². The van der Waals surface area contributed by atoms with Gasteiger partial charge in [0.1, 0.15) is 11.3 Å². The molecule has 0 aliphatic carbocycles. The monoisotopic (exact) mass is 521 g/mol. The van der Waals surface area contributed by atoms with Crippen LogP contribution < -0.4 is 15.0 Å². The van der Waals surface area contributed by atoms with Gasteiger partial charge in [-0.1, -0.05) is 12.1 Å². The Morgan fingerprint density at radius 3 is 2.86 bits per heavy atom. The van der Waals surface area contributed by atoms with Crippen molar-refractivity contribution in [2.45, 2.75) is 43.9 Å². The third kappa shape index (κ3) is 4.20. The first-order chi connectivity index (χ1) is 17.6. The molecule has 3 aliphatic rings. The molecule has 2 bridgehead atoms. The van der Waals surface area contributed by atoms with Crippen LogP contribution in [0.15, 0.2) is 30.5 Å². The summed E-state index contributed by atoms with van der Waals surface area (Å²) in [7, 11) is 0. The molecule has 3 atom stereocenters. The summed E-state index contributed by atoms with van der Waals surface area (Å²) in [6.45, 7) is 2.96. The quantitative estimate of drug-likeness (QED) is 0.466. The van der Waals surface area contributed by atoms with Crippen molar-refractivity contribution >= 4 is 22.4 Å². The number of nitrogens with zero attached hydrogens (tertiary/aromatic N) is 4. The first kappa shape index (κ1) is 24.1. The lowest BCUT2D eigenvalue weighted by Crippen LogP contribution is -2.34. The topological polar surface area (TPSA) is 72.4 Å². The zero-order chi connectivity index (χ0) is 25.9. The average Bonchev–Trinajstić information content (AvgIpc) is 3.30. The van der Waals surface area contributed by atoms with E-state index in [1.54, 1.807) is 19.1 Å². The number of alkyl halides is 5. The van der Waals surface area contributed by atoms with Crippen LogP contribution in [-0.4, -0.2) is 47.6 Å². The first-order valence-corrected chi connectivity index (χ1v) is 12.1. The number of halogens is 5. The largest absolute Gasteiger partial charge is 0.486 e. The number of ether oxygens (including phenoxy) is 2. The molecule has 2 aromatic heterocycles. The van der Waals surface area contributed by atoms with Gasteiger partial charge in [-0.2, -0.15) is 22.0 Å². The summed E-state index contributed by atoms with van der Waals surface area (Å²) in [6, 6.07) is 5.57. The van der Waals surface area contributed by atoms with Crippen LogP contribution in [0.4, 0.5) is 33.5 Å². The molecule has 1 aromatic carbocycles. The highest BCUT2D eigenvalue weighted by Gasteiger charge is 2.43. The molecule has 7 nitrogen and oxygen atoms in total.